The number of carbonyl (C=O) groups excluding carboxylic acids is 1. The molecule has 0 spiro atoms. The normalized spacial score (nSPS) is 15.6. The van der Waals surface area contributed by atoms with E-state index in [2.05, 4.69) is 10.9 Å². The lowest BCUT2D eigenvalue weighted by Gasteiger charge is -2.21. The van der Waals surface area contributed by atoms with Crippen LogP contribution in [0.15, 0.2) is 30.3 Å². The summed E-state index contributed by atoms with van der Waals surface area (Å²) in [6.07, 6.45) is -5.18. The summed E-state index contributed by atoms with van der Waals surface area (Å²) in [6, 6.07) is 8.66. The highest BCUT2D eigenvalue weighted by molar-refractivity contribution is 5.82. The summed E-state index contributed by atoms with van der Waals surface area (Å²) >= 11 is 0. The maximum atomic E-state index is 11.4. The number of benzene rings is 1. The summed E-state index contributed by atoms with van der Waals surface area (Å²) in [5, 5.41) is 36.3. The van der Waals surface area contributed by atoms with Crippen LogP contribution in [-0.4, -0.2) is 51.3 Å². The molecule has 3 unspecified atom stereocenters. The molecule has 0 saturated carbocycles. The highest BCUT2D eigenvalue weighted by Gasteiger charge is 2.29. The Hall–Kier alpha value is -1.67. The number of aliphatic hydroxyl groups excluding tert-OH is 4. The van der Waals surface area contributed by atoms with Crippen molar-refractivity contribution in [3.05, 3.63) is 30.3 Å². The first-order chi connectivity index (χ1) is 8.56. The number of nitrogens with one attached hydrogen (secondary N) is 2. The Kier molecular flexibility index (Phi) is 5.53. The van der Waals surface area contributed by atoms with Crippen LogP contribution in [0.4, 0.5) is 5.69 Å². The molecule has 0 fully saturated rings. The van der Waals surface area contributed by atoms with Crippen molar-refractivity contribution in [1.82, 2.24) is 5.43 Å². The highest BCUT2D eigenvalue weighted by atomic mass is 16.4. The smallest absolute Gasteiger partial charge is 0.269 e. The summed E-state index contributed by atoms with van der Waals surface area (Å²) < 4.78 is 0. The highest BCUT2D eigenvalue weighted by Crippen LogP contribution is 2.04. The fourth-order valence-electron chi connectivity index (χ4n) is 1.20. The molecule has 7 heteroatoms. The maximum absolute atomic E-state index is 11.4. The van der Waals surface area contributed by atoms with Gasteiger partial charge in [-0.1, -0.05) is 18.2 Å². The summed E-state index contributed by atoms with van der Waals surface area (Å²) in [5.74, 6) is -0.918. The first-order valence-corrected chi connectivity index (χ1v) is 5.32. The van der Waals surface area contributed by atoms with Gasteiger partial charge >= 0.3 is 0 Å². The van der Waals surface area contributed by atoms with Crippen LogP contribution >= 0.6 is 0 Å². The predicted molar refractivity (Wildman–Crippen MR) is 63.3 cm³/mol. The summed E-state index contributed by atoms with van der Waals surface area (Å²) in [5.41, 5.74) is 5.28. The maximum Gasteiger partial charge on any atom is 0.269 e. The van der Waals surface area contributed by atoms with Crippen LogP contribution < -0.4 is 10.9 Å². The molecular weight excluding hydrogens is 240 g/mol. The van der Waals surface area contributed by atoms with Crippen molar-refractivity contribution in [2.24, 2.45) is 0 Å². The molecule has 0 aliphatic heterocycles. The van der Waals surface area contributed by atoms with Crippen molar-refractivity contribution in [3.63, 3.8) is 0 Å². The van der Waals surface area contributed by atoms with Crippen molar-refractivity contribution < 1.29 is 25.2 Å². The molecule has 6 N–H and O–H groups in total. The average molecular weight is 256 g/mol. The fraction of sp³-hybridized carbons (Fsp3) is 0.364. The molecule has 0 radical (unpaired) electrons. The van der Waals surface area contributed by atoms with Gasteiger partial charge in [0.1, 0.15) is 12.2 Å². The Labute approximate surface area is 104 Å². The summed E-state index contributed by atoms with van der Waals surface area (Å²) in [6.45, 7) is -0.752. The number of anilines is 1. The SMILES string of the molecule is O=C(NNc1ccccc1)C(O)C(O)C(O)CO. The standard InChI is InChI=1S/C11H16N2O5/c14-6-8(15)9(16)10(17)11(18)13-12-7-4-2-1-3-5-7/h1-5,8-10,12,14-17H,6H2,(H,13,18). The van der Waals surface area contributed by atoms with E-state index in [9.17, 15) is 15.0 Å². The van der Waals surface area contributed by atoms with Crippen LogP contribution in [0.1, 0.15) is 0 Å². The van der Waals surface area contributed by atoms with Crippen LogP contribution in [0.5, 0.6) is 0 Å². The third-order valence-electron chi connectivity index (χ3n) is 2.28. The zero-order chi connectivity index (χ0) is 13.5. The second-order valence-electron chi connectivity index (χ2n) is 3.67. The number of hydrogen-bond donors (Lipinski definition) is 6. The number of para-hydroxylation sites is 1. The van der Waals surface area contributed by atoms with E-state index in [4.69, 9.17) is 10.2 Å². The van der Waals surface area contributed by atoms with E-state index in [1.54, 1.807) is 30.3 Å². The van der Waals surface area contributed by atoms with Crippen LogP contribution in [0, 0.1) is 0 Å². The van der Waals surface area contributed by atoms with E-state index >= 15 is 0 Å². The van der Waals surface area contributed by atoms with Gasteiger partial charge in [0.2, 0.25) is 0 Å². The average Bonchev–Trinajstić information content (AvgIpc) is 2.43. The number of hydrogen-bond acceptors (Lipinski definition) is 6. The van der Waals surface area contributed by atoms with Crippen molar-refractivity contribution in [3.8, 4) is 0 Å². The molecule has 0 aliphatic rings. The van der Waals surface area contributed by atoms with E-state index in [0.717, 1.165) is 0 Å². The first-order valence-electron chi connectivity index (χ1n) is 5.32. The van der Waals surface area contributed by atoms with Gasteiger partial charge in [-0.25, -0.2) is 0 Å². The van der Waals surface area contributed by atoms with E-state index < -0.39 is 30.8 Å². The minimum atomic E-state index is -1.84. The molecule has 0 heterocycles. The molecule has 1 rings (SSSR count). The molecule has 18 heavy (non-hydrogen) atoms. The van der Waals surface area contributed by atoms with Gasteiger partial charge in [-0.15, -0.1) is 0 Å². The number of hydrazine groups is 1. The van der Waals surface area contributed by atoms with E-state index in [1.807, 2.05) is 0 Å². The molecule has 1 aromatic carbocycles. The Morgan fingerprint density at radius 1 is 1.17 bits per heavy atom. The molecule has 100 valence electrons. The van der Waals surface area contributed by atoms with Gasteiger partial charge in [0.15, 0.2) is 6.10 Å². The third kappa shape index (κ3) is 3.97. The molecule has 0 saturated heterocycles. The fourth-order valence-corrected chi connectivity index (χ4v) is 1.20. The molecule has 0 aliphatic carbocycles. The molecule has 0 bridgehead atoms. The number of aliphatic hydroxyl groups is 4. The van der Waals surface area contributed by atoms with Crippen LogP contribution in [0.2, 0.25) is 0 Å². The van der Waals surface area contributed by atoms with Crippen LogP contribution in [-0.2, 0) is 4.79 Å². The quantitative estimate of drug-likeness (QED) is 0.334. The second-order valence-corrected chi connectivity index (χ2v) is 3.67. The minimum Gasteiger partial charge on any atom is -0.394 e. The lowest BCUT2D eigenvalue weighted by molar-refractivity contribution is -0.141. The zero-order valence-corrected chi connectivity index (χ0v) is 9.52. The largest absolute Gasteiger partial charge is 0.394 e. The second kappa shape index (κ2) is 6.92. The van der Waals surface area contributed by atoms with Gasteiger partial charge in [0, 0.05) is 0 Å². The van der Waals surface area contributed by atoms with Gasteiger partial charge in [-0.05, 0) is 12.1 Å². The Bertz CT molecular complexity index is 373. The minimum absolute atomic E-state index is 0.593. The Balaban J connectivity index is 2.45. The summed E-state index contributed by atoms with van der Waals surface area (Å²) in [4.78, 5) is 11.4. The van der Waals surface area contributed by atoms with E-state index in [-0.39, 0.29) is 0 Å². The number of rotatable bonds is 6. The number of carbonyl (C=O) groups is 1. The van der Waals surface area contributed by atoms with Gasteiger partial charge in [-0.2, -0.15) is 0 Å². The Morgan fingerprint density at radius 3 is 2.33 bits per heavy atom. The lowest BCUT2D eigenvalue weighted by atomic mass is 10.1. The monoisotopic (exact) mass is 256 g/mol. The van der Waals surface area contributed by atoms with Gasteiger partial charge in [0.25, 0.3) is 5.91 Å². The number of amides is 1. The topological polar surface area (TPSA) is 122 Å². The molecular formula is C11H16N2O5. The predicted octanol–water partition coefficient (Wildman–Crippen LogP) is -1.80. The summed E-state index contributed by atoms with van der Waals surface area (Å²) in [7, 11) is 0. The third-order valence-corrected chi connectivity index (χ3v) is 2.28. The van der Waals surface area contributed by atoms with Gasteiger partial charge in [-0.3, -0.25) is 15.6 Å². The van der Waals surface area contributed by atoms with Crippen molar-refractivity contribution >= 4 is 11.6 Å². The van der Waals surface area contributed by atoms with Crippen molar-refractivity contribution in [2.45, 2.75) is 18.3 Å². The Morgan fingerprint density at radius 2 is 1.78 bits per heavy atom. The van der Waals surface area contributed by atoms with Crippen LogP contribution in [0.3, 0.4) is 0 Å². The molecule has 1 aromatic rings. The van der Waals surface area contributed by atoms with Gasteiger partial charge in [0.05, 0.1) is 12.3 Å². The van der Waals surface area contributed by atoms with Crippen molar-refractivity contribution in [1.29, 1.82) is 0 Å². The molecule has 3 atom stereocenters. The zero-order valence-electron chi connectivity index (χ0n) is 9.52. The lowest BCUT2D eigenvalue weighted by Crippen LogP contribution is -2.49. The first kappa shape index (κ1) is 14.4. The van der Waals surface area contributed by atoms with Crippen LogP contribution in [0.25, 0.3) is 0 Å². The van der Waals surface area contributed by atoms with Crippen molar-refractivity contribution in [2.75, 3.05) is 12.0 Å². The van der Waals surface area contributed by atoms with E-state index in [1.165, 1.54) is 0 Å². The molecule has 0 aromatic heterocycles. The van der Waals surface area contributed by atoms with Gasteiger partial charge < -0.3 is 20.4 Å². The molecule has 1 amide bonds. The molecule has 7 nitrogen and oxygen atoms in total. The van der Waals surface area contributed by atoms with E-state index in [0.29, 0.717) is 5.69 Å².